The third-order valence-corrected chi connectivity index (χ3v) is 8.43. The van der Waals surface area contributed by atoms with E-state index < -0.39 is 59.1 Å². The van der Waals surface area contributed by atoms with E-state index in [1.807, 2.05) is 19.9 Å². The summed E-state index contributed by atoms with van der Waals surface area (Å²) in [4.78, 5) is 41.9. The number of methoxy groups -OCH3 is 1. The molecule has 3 heterocycles. The van der Waals surface area contributed by atoms with E-state index in [2.05, 4.69) is 10.3 Å². The van der Waals surface area contributed by atoms with Crippen LogP contribution in [0.1, 0.15) is 59.8 Å². The second-order valence-electron chi connectivity index (χ2n) is 12.4. The molecule has 0 saturated carbocycles. The molecule has 13 nitrogen and oxygen atoms in total. The summed E-state index contributed by atoms with van der Waals surface area (Å²) in [5.41, 5.74) is -0.464. The Kier molecular flexibility index (Phi) is 10.1. The maximum atomic E-state index is 13.1. The first-order valence-corrected chi connectivity index (χ1v) is 15.7. The highest BCUT2D eigenvalue weighted by Crippen LogP contribution is 2.41. The van der Waals surface area contributed by atoms with Gasteiger partial charge < -0.3 is 49.0 Å². The zero-order valence-corrected chi connectivity index (χ0v) is 28.4. The number of aromatic amines is 1. The van der Waals surface area contributed by atoms with Crippen LogP contribution in [0.5, 0.6) is 17.2 Å². The molecule has 260 valence electrons. The number of halogens is 1. The Morgan fingerprint density at radius 2 is 1.86 bits per heavy atom. The molecule has 1 aliphatic heterocycles. The lowest BCUT2D eigenvalue weighted by molar-refractivity contribution is -0.305. The van der Waals surface area contributed by atoms with Crippen molar-refractivity contribution in [3.8, 4) is 17.2 Å². The van der Waals surface area contributed by atoms with Crippen LogP contribution in [-0.4, -0.2) is 69.5 Å². The summed E-state index contributed by atoms with van der Waals surface area (Å²) >= 11 is 6.58. The van der Waals surface area contributed by atoms with Gasteiger partial charge in [0.2, 0.25) is 6.29 Å². The summed E-state index contributed by atoms with van der Waals surface area (Å²) in [7, 11) is 1.39. The van der Waals surface area contributed by atoms with Gasteiger partial charge in [-0.05, 0) is 89.1 Å². The number of phenols is 1. The molecule has 14 heteroatoms. The number of anilines is 1. The van der Waals surface area contributed by atoms with E-state index in [-0.39, 0.29) is 38.7 Å². The molecule has 2 aromatic heterocycles. The first-order valence-electron chi connectivity index (χ1n) is 15.3. The number of aliphatic hydroxyl groups is 1. The number of aromatic nitrogens is 1. The van der Waals surface area contributed by atoms with Crippen molar-refractivity contribution < 1.29 is 48.3 Å². The van der Waals surface area contributed by atoms with Crippen LogP contribution in [0.3, 0.4) is 0 Å². The minimum Gasteiger partial charge on any atom is -0.508 e. The van der Waals surface area contributed by atoms with Gasteiger partial charge >= 0.3 is 11.6 Å². The van der Waals surface area contributed by atoms with Crippen molar-refractivity contribution in [1.29, 1.82) is 0 Å². The van der Waals surface area contributed by atoms with Gasteiger partial charge in [-0.2, -0.15) is 0 Å². The lowest BCUT2D eigenvalue weighted by Gasteiger charge is -2.47. The summed E-state index contributed by atoms with van der Waals surface area (Å²) in [6.07, 6.45) is -2.87. The van der Waals surface area contributed by atoms with Crippen LogP contribution in [0.25, 0.3) is 11.0 Å². The van der Waals surface area contributed by atoms with Gasteiger partial charge in [-0.1, -0.05) is 23.3 Å². The average molecular weight is 697 g/mol. The first kappa shape index (κ1) is 35.5. The number of benzene rings is 2. The van der Waals surface area contributed by atoms with Crippen LogP contribution in [0, 0.1) is 6.92 Å². The Morgan fingerprint density at radius 3 is 2.51 bits per heavy atom. The van der Waals surface area contributed by atoms with Crippen molar-refractivity contribution in [3.05, 3.63) is 92.1 Å². The van der Waals surface area contributed by atoms with Gasteiger partial charge in [-0.3, -0.25) is 4.79 Å². The highest BCUT2D eigenvalue weighted by atomic mass is 35.5. The number of esters is 1. The Labute approximate surface area is 286 Å². The smallest absolute Gasteiger partial charge is 0.364 e. The molecule has 5 rings (SSSR count). The zero-order chi connectivity index (χ0) is 35.8. The minimum atomic E-state index is -1.56. The summed E-state index contributed by atoms with van der Waals surface area (Å²) < 4.78 is 28.6. The average Bonchev–Trinajstić information content (AvgIpc) is 3.48. The van der Waals surface area contributed by atoms with E-state index >= 15 is 0 Å². The molecule has 0 spiro atoms. The number of aromatic hydroxyl groups is 2. The van der Waals surface area contributed by atoms with E-state index in [9.17, 15) is 29.7 Å². The van der Waals surface area contributed by atoms with Crippen LogP contribution in [-0.2, 0) is 20.6 Å². The van der Waals surface area contributed by atoms with Gasteiger partial charge in [-0.15, -0.1) is 0 Å². The Bertz CT molecular complexity index is 1990. The fourth-order valence-electron chi connectivity index (χ4n) is 5.53. The summed E-state index contributed by atoms with van der Waals surface area (Å²) in [6.45, 7) is 8.92. The molecule has 0 unspecified atom stereocenters. The maximum absolute atomic E-state index is 13.1. The molecular formula is C35H37ClN2O11. The molecule has 0 radical (unpaired) electrons. The van der Waals surface area contributed by atoms with E-state index in [0.29, 0.717) is 12.0 Å². The van der Waals surface area contributed by atoms with E-state index in [4.69, 9.17) is 35.0 Å². The number of aliphatic hydroxyl groups excluding tert-OH is 1. The quantitative estimate of drug-likeness (QED) is 0.0859. The minimum absolute atomic E-state index is 0.00573. The molecule has 4 atom stereocenters. The molecule has 0 aliphatic carbocycles. The normalized spacial score (nSPS) is 20.1. The third-order valence-electron chi connectivity index (χ3n) is 8.07. The molecule has 1 amide bonds. The number of allylic oxidation sites excluding steroid dienone is 2. The summed E-state index contributed by atoms with van der Waals surface area (Å²) in [6, 6.07) is 10.2. The Morgan fingerprint density at radius 1 is 1.12 bits per heavy atom. The van der Waals surface area contributed by atoms with Gasteiger partial charge in [0.1, 0.15) is 28.3 Å². The number of fused-ring (bicyclic) bond motifs is 1. The Hall–Kier alpha value is -4.82. The highest BCUT2D eigenvalue weighted by molar-refractivity contribution is 6.36. The SMILES string of the molecule is CO[C@@H]1[C@@H](OC(=O)c2ccc(C)[nH]2)[C@H](O)[C@H](Oc2ccc3c(O)c(NC(=O)c4ccc(O)c(CC=C(C)C)c4)c(=O)oc3c2Cl)OC1(C)C. The van der Waals surface area contributed by atoms with Crippen LogP contribution in [0.2, 0.25) is 5.02 Å². The first-order chi connectivity index (χ1) is 23.1. The second-order valence-corrected chi connectivity index (χ2v) is 12.8. The molecular weight excluding hydrogens is 660 g/mol. The fourth-order valence-corrected chi connectivity index (χ4v) is 5.78. The van der Waals surface area contributed by atoms with Gasteiger partial charge in [0.25, 0.3) is 5.91 Å². The predicted molar refractivity (Wildman–Crippen MR) is 179 cm³/mol. The third kappa shape index (κ3) is 7.30. The van der Waals surface area contributed by atoms with Crippen molar-refractivity contribution in [2.75, 3.05) is 12.4 Å². The topological polar surface area (TPSA) is 190 Å². The van der Waals surface area contributed by atoms with Gasteiger partial charge in [0, 0.05) is 18.4 Å². The van der Waals surface area contributed by atoms with Crippen LogP contribution in [0.4, 0.5) is 5.69 Å². The number of amides is 1. The monoisotopic (exact) mass is 696 g/mol. The lowest BCUT2D eigenvalue weighted by Crippen LogP contribution is -2.65. The number of rotatable bonds is 9. The number of carbonyl (C=O) groups is 2. The number of H-pyrrole nitrogens is 1. The van der Waals surface area contributed by atoms with Gasteiger partial charge in [0.05, 0.1) is 11.0 Å². The van der Waals surface area contributed by atoms with E-state index in [0.717, 1.165) is 11.3 Å². The highest BCUT2D eigenvalue weighted by Gasteiger charge is 2.53. The molecule has 0 bridgehead atoms. The molecule has 49 heavy (non-hydrogen) atoms. The number of carbonyl (C=O) groups excluding carboxylic acids is 2. The number of nitrogens with one attached hydrogen (secondary N) is 2. The number of hydrogen-bond donors (Lipinski definition) is 5. The number of aryl methyl sites for hydroxylation is 1. The molecule has 1 aliphatic rings. The van der Waals surface area contributed by atoms with Gasteiger partial charge in [-0.25, -0.2) is 9.59 Å². The fraction of sp³-hybridized carbons (Fsp3) is 0.343. The number of ether oxygens (including phenoxy) is 4. The lowest BCUT2D eigenvalue weighted by atomic mass is 9.89. The van der Waals surface area contributed by atoms with Crippen molar-refractivity contribution in [2.24, 2.45) is 0 Å². The van der Waals surface area contributed by atoms with Crippen molar-refractivity contribution in [3.63, 3.8) is 0 Å². The van der Waals surface area contributed by atoms with Crippen LogP contribution < -0.4 is 15.7 Å². The van der Waals surface area contributed by atoms with Crippen molar-refractivity contribution >= 4 is 40.1 Å². The molecule has 4 aromatic rings. The zero-order valence-electron chi connectivity index (χ0n) is 27.6. The van der Waals surface area contributed by atoms with E-state index in [1.54, 1.807) is 32.9 Å². The number of hydrogen-bond acceptors (Lipinski definition) is 11. The molecule has 1 saturated heterocycles. The van der Waals surface area contributed by atoms with Gasteiger partial charge in [0.15, 0.2) is 29.2 Å². The molecule has 2 aromatic carbocycles. The predicted octanol–water partition coefficient (Wildman–Crippen LogP) is 5.37. The summed E-state index contributed by atoms with van der Waals surface area (Å²) in [5, 5.41) is 34.6. The molecule has 5 N–H and O–H groups in total. The van der Waals surface area contributed by atoms with E-state index in [1.165, 1.54) is 37.4 Å². The van der Waals surface area contributed by atoms with Crippen molar-refractivity contribution in [1.82, 2.24) is 4.98 Å². The van der Waals surface area contributed by atoms with Crippen LogP contribution >= 0.6 is 11.6 Å². The Balaban J connectivity index is 1.40. The van der Waals surface area contributed by atoms with Crippen molar-refractivity contribution in [2.45, 2.75) is 71.2 Å². The molecule has 1 fully saturated rings. The number of phenolic OH excluding ortho intramolecular Hbond substituents is 1. The maximum Gasteiger partial charge on any atom is 0.364 e. The largest absolute Gasteiger partial charge is 0.508 e. The standard InChI is InChI=1S/C35H37ClN2O11/c1-16(2)7-9-18-15-19(10-13-22(18)39)31(42)38-25-26(40)20-11-14-23(24(36)28(20)47-33(25)44)46-34-27(41)29(30(45-6)35(4,5)49-34)48-32(43)21-12-8-17(3)37-21/h7-8,10-15,27,29-30,34,37,39-41H,9H2,1-6H3,(H,38,42)/t27-,29-,30+,34+/m0/s1. The summed E-state index contributed by atoms with van der Waals surface area (Å²) in [5.74, 6) is -2.16. The van der Waals surface area contributed by atoms with Crippen LogP contribution in [0.15, 0.2) is 63.3 Å². The second kappa shape index (κ2) is 14.0.